The highest BCUT2D eigenvalue weighted by atomic mass is 32.1. The molecule has 0 bridgehead atoms. The Morgan fingerprint density at radius 3 is 3.14 bits per heavy atom. The minimum Gasteiger partial charge on any atom is -0.330 e. The molecule has 0 aliphatic heterocycles. The van der Waals surface area contributed by atoms with Crippen molar-refractivity contribution in [2.45, 2.75) is 12.8 Å². The second-order valence-corrected chi connectivity index (χ2v) is 3.87. The molecule has 0 amide bonds. The number of nitrogens with zero attached hydrogens (tertiary/aromatic N) is 3. The van der Waals surface area contributed by atoms with Crippen molar-refractivity contribution in [3.05, 3.63) is 29.5 Å². The minimum atomic E-state index is 0.725. The largest absolute Gasteiger partial charge is 0.330 e. The SMILES string of the molecule is NCCCc1cnn(-c2nccs2)c1. The summed E-state index contributed by atoms with van der Waals surface area (Å²) in [5, 5.41) is 7.08. The summed E-state index contributed by atoms with van der Waals surface area (Å²) < 4.78 is 1.80. The molecular weight excluding hydrogens is 196 g/mol. The van der Waals surface area contributed by atoms with E-state index in [2.05, 4.69) is 10.1 Å². The monoisotopic (exact) mass is 208 g/mol. The summed E-state index contributed by atoms with van der Waals surface area (Å²) >= 11 is 1.58. The summed E-state index contributed by atoms with van der Waals surface area (Å²) in [5.74, 6) is 0. The Bertz CT molecular complexity index is 379. The van der Waals surface area contributed by atoms with Crippen LogP contribution >= 0.6 is 11.3 Å². The molecule has 0 spiro atoms. The Morgan fingerprint density at radius 1 is 1.50 bits per heavy atom. The minimum absolute atomic E-state index is 0.725. The van der Waals surface area contributed by atoms with Crippen molar-refractivity contribution in [1.29, 1.82) is 0 Å². The highest BCUT2D eigenvalue weighted by molar-refractivity contribution is 7.12. The molecule has 0 unspecified atom stereocenters. The lowest BCUT2D eigenvalue weighted by Crippen LogP contribution is -1.99. The topological polar surface area (TPSA) is 56.7 Å². The van der Waals surface area contributed by atoms with E-state index in [9.17, 15) is 0 Å². The van der Waals surface area contributed by atoms with E-state index >= 15 is 0 Å². The predicted octanol–water partition coefficient (Wildman–Crippen LogP) is 1.22. The molecule has 0 saturated heterocycles. The zero-order chi connectivity index (χ0) is 9.80. The van der Waals surface area contributed by atoms with Gasteiger partial charge in [-0.25, -0.2) is 9.67 Å². The van der Waals surface area contributed by atoms with Crippen LogP contribution in [-0.4, -0.2) is 21.3 Å². The summed E-state index contributed by atoms with van der Waals surface area (Å²) in [6, 6.07) is 0. The van der Waals surface area contributed by atoms with E-state index in [1.807, 2.05) is 17.8 Å². The van der Waals surface area contributed by atoms with Gasteiger partial charge in [0.1, 0.15) is 0 Å². The average Bonchev–Trinajstić information content (AvgIpc) is 2.85. The van der Waals surface area contributed by atoms with Gasteiger partial charge in [-0.1, -0.05) is 0 Å². The van der Waals surface area contributed by atoms with Crippen LogP contribution < -0.4 is 5.73 Å². The van der Waals surface area contributed by atoms with Crippen LogP contribution in [0.4, 0.5) is 0 Å². The quantitative estimate of drug-likeness (QED) is 0.822. The second-order valence-electron chi connectivity index (χ2n) is 3.00. The maximum Gasteiger partial charge on any atom is 0.210 e. The third-order valence-electron chi connectivity index (χ3n) is 1.92. The van der Waals surface area contributed by atoms with E-state index in [4.69, 9.17) is 5.73 Å². The first kappa shape index (κ1) is 9.36. The fourth-order valence-corrected chi connectivity index (χ4v) is 1.80. The van der Waals surface area contributed by atoms with Gasteiger partial charge in [0.25, 0.3) is 0 Å². The molecule has 0 saturated carbocycles. The first-order chi connectivity index (χ1) is 6.90. The van der Waals surface area contributed by atoms with Gasteiger partial charge in [0.2, 0.25) is 5.13 Å². The van der Waals surface area contributed by atoms with Crippen molar-refractivity contribution in [3.8, 4) is 5.13 Å². The van der Waals surface area contributed by atoms with E-state index in [1.165, 1.54) is 5.56 Å². The Kier molecular flexibility index (Phi) is 2.90. The maximum atomic E-state index is 5.44. The highest BCUT2D eigenvalue weighted by Crippen LogP contribution is 2.11. The van der Waals surface area contributed by atoms with E-state index in [-0.39, 0.29) is 0 Å². The van der Waals surface area contributed by atoms with Crippen LogP contribution in [0.3, 0.4) is 0 Å². The lowest BCUT2D eigenvalue weighted by molar-refractivity contribution is 0.830. The molecule has 4 nitrogen and oxygen atoms in total. The van der Waals surface area contributed by atoms with Crippen LogP contribution in [0.25, 0.3) is 5.13 Å². The summed E-state index contributed by atoms with van der Waals surface area (Å²) in [6.07, 6.45) is 7.65. The number of aromatic nitrogens is 3. The van der Waals surface area contributed by atoms with Gasteiger partial charge in [-0.05, 0) is 24.9 Å². The van der Waals surface area contributed by atoms with Gasteiger partial charge in [0.15, 0.2) is 0 Å². The molecule has 74 valence electrons. The molecule has 0 atom stereocenters. The number of hydrogen-bond donors (Lipinski definition) is 1. The number of hydrogen-bond acceptors (Lipinski definition) is 4. The van der Waals surface area contributed by atoms with Crippen molar-refractivity contribution < 1.29 is 0 Å². The number of thiazole rings is 1. The van der Waals surface area contributed by atoms with Crippen LogP contribution in [0, 0.1) is 0 Å². The predicted molar refractivity (Wildman–Crippen MR) is 56.6 cm³/mol. The van der Waals surface area contributed by atoms with Gasteiger partial charge in [0, 0.05) is 17.8 Å². The molecular formula is C9H12N4S. The molecule has 0 aliphatic carbocycles. The third kappa shape index (κ3) is 2.00. The van der Waals surface area contributed by atoms with E-state index in [0.717, 1.165) is 24.5 Å². The van der Waals surface area contributed by atoms with Gasteiger partial charge < -0.3 is 5.73 Å². The third-order valence-corrected chi connectivity index (χ3v) is 2.68. The summed E-state index contributed by atoms with van der Waals surface area (Å²) in [6.45, 7) is 0.725. The molecule has 14 heavy (non-hydrogen) atoms. The van der Waals surface area contributed by atoms with Crippen LogP contribution in [0.15, 0.2) is 24.0 Å². The van der Waals surface area contributed by atoms with Crippen molar-refractivity contribution in [2.75, 3.05) is 6.54 Å². The van der Waals surface area contributed by atoms with E-state index < -0.39 is 0 Å². The Balaban J connectivity index is 2.10. The molecule has 0 aromatic carbocycles. The Labute approximate surface area is 86.4 Å². The fourth-order valence-electron chi connectivity index (χ4n) is 1.23. The van der Waals surface area contributed by atoms with Gasteiger partial charge in [-0.15, -0.1) is 11.3 Å². The van der Waals surface area contributed by atoms with Gasteiger partial charge in [0.05, 0.1) is 6.20 Å². The second kappa shape index (κ2) is 4.34. The number of aryl methyl sites for hydroxylation is 1. The average molecular weight is 208 g/mol. The molecule has 2 rings (SSSR count). The standard InChI is InChI=1S/C9H12N4S/c10-3-1-2-8-6-12-13(7-8)9-11-4-5-14-9/h4-7H,1-3,10H2. The van der Waals surface area contributed by atoms with Crippen molar-refractivity contribution in [2.24, 2.45) is 5.73 Å². The molecule has 0 fully saturated rings. The molecule has 2 aromatic heterocycles. The van der Waals surface area contributed by atoms with Crippen molar-refractivity contribution >= 4 is 11.3 Å². The first-order valence-electron chi connectivity index (χ1n) is 4.53. The maximum absolute atomic E-state index is 5.44. The van der Waals surface area contributed by atoms with Crippen molar-refractivity contribution in [3.63, 3.8) is 0 Å². The van der Waals surface area contributed by atoms with Crippen LogP contribution in [0.1, 0.15) is 12.0 Å². The lowest BCUT2D eigenvalue weighted by Gasteiger charge is -1.93. The molecule has 2 aromatic rings. The molecule has 2 N–H and O–H groups in total. The smallest absolute Gasteiger partial charge is 0.210 e. The number of nitrogens with two attached hydrogens (primary N) is 1. The first-order valence-corrected chi connectivity index (χ1v) is 5.41. The number of rotatable bonds is 4. The zero-order valence-electron chi connectivity index (χ0n) is 7.76. The molecule has 5 heteroatoms. The lowest BCUT2D eigenvalue weighted by atomic mass is 10.2. The highest BCUT2D eigenvalue weighted by Gasteiger charge is 2.01. The van der Waals surface area contributed by atoms with Crippen molar-refractivity contribution in [1.82, 2.24) is 14.8 Å². The molecule has 0 aliphatic rings. The summed E-state index contributed by atoms with van der Waals surface area (Å²) in [5.41, 5.74) is 6.65. The Morgan fingerprint density at radius 2 is 2.43 bits per heavy atom. The van der Waals surface area contributed by atoms with Gasteiger partial charge in [-0.3, -0.25) is 0 Å². The van der Waals surface area contributed by atoms with E-state index in [1.54, 1.807) is 22.2 Å². The molecule has 0 radical (unpaired) electrons. The van der Waals surface area contributed by atoms with E-state index in [0.29, 0.717) is 0 Å². The summed E-state index contributed by atoms with van der Waals surface area (Å²) in [4.78, 5) is 4.17. The van der Waals surface area contributed by atoms with Crippen LogP contribution in [0.2, 0.25) is 0 Å². The van der Waals surface area contributed by atoms with Crippen LogP contribution in [-0.2, 0) is 6.42 Å². The molecule has 2 heterocycles. The zero-order valence-corrected chi connectivity index (χ0v) is 8.57. The summed E-state index contributed by atoms with van der Waals surface area (Å²) in [7, 11) is 0. The van der Waals surface area contributed by atoms with Gasteiger partial charge >= 0.3 is 0 Å². The fraction of sp³-hybridized carbons (Fsp3) is 0.333. The van der Waals surface area contributed by atoms with Crippen LogP contribution in [0.5, 0.6) is 0 Å². The van der Waals surface area contributed by atoms with Gasteiger partial charge in [-0.2, -0.15) is 5.10 Å². The normalized spacial score (nSPS) is 10.6. The Hall–Kier alpha value is -1.20.